The van der Waals surface area contributed by atoms with E-state index in [4.69, 9.17) is 4.74 Å². The average molecular weight is 222 g/mol. The van der Waals surface area contributed by atoms with Crippen LogP contribution in [0.15, 0.2) is 18.2 Å². The van der Waals surface area contributed by atoms with Crippen LogP contribution in [0.4, 0.5) is 4.39 Å². The molecule has 0 aromatic heterocycles. The maximum Gasteiger partial charge on any atom is 0.126 e. The summed E-state index contributed by atoms with van der Waals surface area (Å²) >= 11 is 0. The van der Waals surface area contributed by atoms with Crippen molar-refractivity contribution < 1.29 is 9.13 Å². The van der Waals surface area contributed by atoms with E-state index in [0.717, 1.165) is 24.0 Å². The van der Waals surface area contributed by atoms with Crippen LogP contribution in [0, 0.1) is 18.7 Å². The Morgan fingerprint density at radius 3 is 2.75 bits per heavy atom. The first-order valence-electron chi connectivity index (χ1n) is 6.02. The number of hydrogen-bond donors (Lipinski definition) is 0. The lowest BCUT2D eigenvalue weighted by molar-refractivity contribution is 0.321. The predicted molar refractivity (Wildman–Crippen MR) is 63.0 cm³/mol. The van der Waals surface area contributed by atoms with E-state index in [1.807, 2.05) is 19.1 Å². The summed E-state index contributed by atoms with van der Waals surface area (Å²) < 4.78 is 19.2. The monoisotopic (exact) mass is 222 g/mol. The molecule has 1 aromatic rings. The van der Waals surface area contributed by atoms with Gasteiger partial charge in [0.25, 0.3) is 0 Å². The number of ether oxygens (including phenoxy) is 1. The van der Waals surface area contributed by atoms with Crippen LogP contribution in [0.2, 0.25) is 0 Å². The Labute approximate surface area is 96.6 Å². The van der Waals surface area contributed by atoms with E-state index in [9.17, 15) is 4.39 Å². The van der Waals surface area contributed by atoms with Gasteiger partial charge in [-0.15, -0.1) is 0 Å². The Kier molecular flexibility index (Phi) is 3.29. The molecule has 3 unspecified atom stereocenters. The molecule has 16 heavy (non-hydrogen) atoms. The molecule has 1 aliphatic heterocycles. The molecule has 1 heterocycles. The average Bonchev–Trinajstić information content (AvgIpc) is 3.01. The standard InChI is InChI=1S/C14H19FO/c1-4-13-14(16-13)10(3)8-11-6-5-9(2)7-12(11)15/h5-7,10,13-14H,4,8H2,1-3H3. The fraction of sp³-hybridized carbons (Fsp3) is 0.571. The zero-order valence-corrected chi connectivity index (χ0v) is 10.2. The molecule has 1 saturated heterocycles. The zero-order chi connectivity index (χ0) is 11.7. The lowest BCUT2D eigenvalue weighted by Gasteiger charge is -2.09. The van der Waals surface area contributed by atoms with Gasteiger partial charge < -0.3 is 4.74 Å². The van der Waals surface area contributed by atoms with Gasteiger partial charge in [-0.2, -0.15) is 0 Å². The Morgan fingerprint density at radius 1 is 1.44 bits per heavy atom. The summed E-state index contributed by atoms with van der Waals surface area (Å²) in [5, 5.41) is 0. The molecule has 3 atom stereocenters. The van der Waals surface area contributed by atoms with Crippen LogP contribution in [-0.2, 0) is 11.2 Å². The Balaban J connectivity index is 1.98. The zero-order valence-electron chi connectivity index (χ0n) is 10.2. The van der Waals surface area contributed by atoms with Gasteiger partial charge in [0.05, 0.1) is 12.2 Å². The van der Waals surface area contributed by atoms with Gasteiger partial charge in [0.15, 0.2) is 0 Å². The van der Waals surface area contributed by atoms with Crippen LogP contribution in [0.3, 0.4) is 0 Å². The number of halogens is 1. The van der Waals surface area contributed by atoms with Crippen molar-refractivity contribution in [2.24, 2.45) is 5.92 Å². The van der Waals surface area contributed by atoms with Crippen LogP contribution in [0.1, 0.15) is 31.4 Å². The van der Waals surface area contributed by atoms with Crippen molar-refractivity contribution in [2.75, 3.05) is 0 Å². The van der Waals surface area contributed by atoms with E-state index in [2.05, 4.69) is 13.8 Å². The highest BCUT2D eigenvalue weighted by Gasteiger charge is 2.41. The highest BCUT2D eigenvalue weighted by molar-refractivity contribution is 5.24. The van der Waals surface area contributed by atoms with Crippen molar-refractivity contribution >= 4 is 0 Å². The second kappa shape index (κ2) is 4.54. The summed E-state index contributed by atoms with van der Waals surface area (Å²) in [5.41, 5.74) is 1.78. The molecule has 0 bridgehead atoms. The second-order valence-electron chi connectivity index (χ2n) is 4.82. The van der Waals surface area contributed by atoms with Gasteiger partial charge in [-0.25, -0.2) is 4.39 Å². The highest BCUT2D eigenvalue weighted by atomic mass is 19.1. The molecule has 2 heteroatoms. The van der Waals surface area contributed by atoms with E-state index in [1.165, 1.54) is 0 Å². The Bertz CT molecular complexity index is 375. The molecule has 0 N–H and O–H groups in total. The van der Waals surface area contributed by atoms with Gasteiger partial charge in [-0.05, 0) is 42.9 Å². The minimum absolute atomic E-state index is 0.0828. The van der Waals surface area contributed by atoms with Gasteiger partial charge in [0.1, 0.15) is 5.82 Å². The number of benzene rings is 1. The van der Waals surface area contributed by atoms with E-state index in [0.29, 0.717) is 18.1 Å². The van der Waals surface area contributed by atoms with Crippen molar-refractivity contribution in [1.29, 1.82) is 0 Å². The number of aryl methyl sites for hydroxylation is 1. The van der Waals surface area contributed by atoms with Crippen LogP contribution in [-0.4, -0.2) is 12.2 Å². The third-order valence-corrected chi connectivity index (χ3v) is 3.34. The van der Waals surface area contributed by atoms with E-state index in [1.54, 1.807) is 6.07 Å². The molecule has 0 aliphatic carbocycles. The summed E-state index contributed by atoms with van der Waals surface area (Å²) in [4.78, 5) is 0. The number of hydrogen-bond acceptors (Lipinski definition) is 1. The summed E-state index contributed by atoms with van der Waals surface area (Å²) in [6.45, 7) is 6.18. The lowest BCUT2D eigenvalue weighted by atomic mass is 9.95. The molecule has 1 nitrogen and oxygen atoms in total. The highest BCUT2D eigenvalue weighted by Crippen LogP contribution is 2.33. The molecular formula is C14H19FO. The normalized spacial score (nSPS) is 25.5. The fourth-order valence-corrected chi connectivity index (χ4v) is 2.27. The SMILES string of the molecule is CCC1OC1C(C)Cc1ccc(C)cc1F. The molecule has 0 spiro atoms. The van der Waals surface area contributed by atoms with Crippen molar-refractivity contribution in [3.05, 3.63) is 35.1 Å². The maximum atomic E-state index is 13.6. The molecule has 0 amide bonds. The first-order chi connectivity index (χ1) is 7.61. The molecule has 1 aromatic carbocycles. The minimum Gasteiger partial charge on any atom is -0.369 e. The van der Waals surface area contributed by atoms with Gasteiger partial charge >= 0.3 is 0 Å². The Hall–Kier alpha value is -0.890. The maximum absolute atomic E-state index is 13.6. The van der Waals surface area contributed by atoms with Crippen LogP contribution in [0.5, 0.6) is 0 Å². The van der Waals surface area contributed by atoms with E-state index < -0.39 is 0 Å². The second-order valence-corrected chi connectivity index (χ2v) is 4.82. The fourth-order valence-electron chi connectivity index (χ4n) is 2.27. The van der Waals surface area contributed by atoms with Crippen molar-refractivity contribution in [3.8, 4) is 0 Å². The van der Waals surface area contributed by atoms with Gasteiger partial charge in [-0.1, -0.05) is 26.0 Å². The quantitative estimate of drug-likeness (QED) is 0.710. The van der Waals surface area contributed by atoms with E-state index >= 15 is 0 Å². The first-order valence-corrected chi connectivity index (χ1v) is 6.02. The van der Waals surface area contributed by atoms with Crippen molar-refractivity contribution in [2.45, 2.75) is 45.8 Å². The molecule has 1 fully saturated rings. The van der Waals surface area contributed by atoms with Gasteiger partial charge in [0.2, 0.25) is 0 Å². The number of rotatable bonds is 4. The van der Waals surface area contributed by atoms with Gasteiger partial charge in [0, 0.05) is 0 Å². The van der Waals surface area contributed by atoms with Crippen LogP contribution in [0.25, 0.3) is 0 Å². The van der Waals surface area contributed by atoms with Crippen LogP contribution >= 0.6 is 0 Å². The summed E-state index contributed by atoms with van der Waals surface area (Å²) in [5.74, 6) is 0.322. The lowest BCUT2D eigenvalue weighted by Crippen LogP contribution is -2.11. The molecule has 0 saturated carbocycles. The predicted octanol–water partition coefficient (Wildman–Crippen LogP) is 3.49. The first kappa shape index (κ1) is 11.6. The molecular weight excluding hydrogens is 203 g/mol. The number of epoxide rings is 1. The van der Waals surface area contributed by atoms with Crippen molar-refractivity contribution in [3.63, 3.8) is 0 Å². The molecule has 88 valence electrons. The topological polar surface area (TPSA) is 12.5 Å². The summed E-state index contributed by atoms with van der Waals surface area (Å²) in [6, 6.07) is 5.47. The third-order valence-electron chi connectivity index (χ3n) is 3.34. The molecule has 0 radical (unpaired) electrons. The Morgan fingerprint density at radius 2 is 2.19 bits per heavy atom. The van der Waals surface area contributed by atoms with Crippen molar-refractivity contribution in [1.82, 2.24) is 0 Å². The summed E-state index contributed by atoms with van der Waals surface area (Å²) in [7, 11) is 0. The summed E-state index contributed by atoms with van der Waals surface area (Å²) in [6.07, 6.45) is 2.58. The van der Waals surface area contributed by atoms with Gasteiger partial charge in [-0.3, -0.25) is 0 Å². The third kappa shape index (κ3) is 2.43. The smallest absolute Gasteiger partial charge is 0.126 e. The van der Waals surface area contributed by atoms with Crippen LogP contribution < -0.4 is 0 Å². The minimum atomic E-state index is -0.0828. The van der Waals surface area contributed by atoms with E-state index in [-0.39, 0.29) is 5.82 Å². The molecule has 2 rings (SSSR count). The molecule has 1 aliphatic rings. The largest absolute Gasteiger partial charge is 0.369 e.